The summed E-state index contributed by atoms with van der Waals surface area (Å²) in [7, 11) is 0. The van der Waals surface area contributed by atoms with E-state index in [1.165, 1.54) is 5.56 Å². The molecule has 2 rings (SSSR count). The van der Waals surface area contributed by atoms with E-state index in [1.54, 1.807) is 0 Å². The van der Waals surface area contributed by atoms with Gasteiger partial charge in [-0.1, -0.05) is 30.3 Å². The maximum Gasteiger partial charge on any atom is 0.127 e. The van der Waals surface area contributed by atoms with Crippen molar-refractivity contribution < 1.29 is 4.74 Å². The number of ether oxygens (including phenoxy) is 1. The predicted molar refractivity (Wildman–Crippen MR) is 63.4 cm³/mol. The zero-order chi connectivity index (χ0) is 11.4. The van der Waals surface area contributed by atoms with E-state index in [9.17, 15) is 0 Å². The number of morpholine rings is 1. The lowest BCUT2D eigenvalue weighted by atomic mass is 10.2. The summed E-state index contributed by atoms with van der Waals surface area (Å²) >= 11 is 0. The number of nitrogens with two attached hydrogens (primary N) is 1. The largest absolute Gasteiger partial charge is 0.385 e. The third-order valence-electron chi connectivity index (χ3n) is 2.75. The minimum Gasteiger partial charge on any atom is -0.385 e. The Morgan fingerprint density at radius 1 is 1.44 bits per heavy atom. The van der Waals surface area contributed by atoms with E-state index in [0.29, 0.717) is 13.2 Å². The SMILES string of the molecule is N=C(N)C1CN(Cc2ccccc2)CCO1. The van der Waals surface area contributed by atoms with Gasteiger partial charge in [-0.15, -0.1) is 0 Å². The maximum absolute atomic E-state index is 7.38. The summed E-state index contributed by atoms with van der Waals surface area (Å²) in [5.74, 6) is 0.123. The fourth-order valence-corrected chi connectivity index (χ4v) is 1.88. The highest BCUT2D eigenvalue weighted by Gasteiger charge is 2.22. The molecule has 1 aliphatic rings. The van der Waals surface area contributed by atoms with E-state index in [0.717, 1.165) is 13.1 Å². The molecule has 0 spiro atoms. The smallest absolute Gasteiger partial charge is 0.127 e. The third-order valence-corrected chi connectivity index (χ3v) is 2.75. The summed E-state index contributed by atoms with van der Waals surface area (Å²) in [6.07, 6.45) is -0.238. The van der Waals surface area contributed by atoms with Crippen molar-refractivity contribution >= 4 is 5.84 Å². The highest BCUT2D eigenvalue weighted by molar-refractivity contribution is 5.82. The van der Waals surface area contributed by atoms with Gasteiger partial charge in [-0.3, -0.25) is 10.3 Å². The lowest BCUT2D eigenvalue weighted by molar-refractivity contribution is 0.00236. The first-order valence-corrected chi connectivity index (χ1v) is 5.47. The Morgan fingerprint density at radius 2 is 2.19 bits per heavy atom. The van der Waals surface area contributed by atoms with Gasteiger partial charge < -0.3 is 10.5 Å². The topological polar surface area (TPSA) is 62.3 Å². The molecule has 1 aromatic rings. The van der Waals surface area contributed by atoms with Gasteiger partial charge >= 0.3 is 0 Å². The first-order valence-electron chi connectivity index (χ1n) is 5.47. The molecule has 1 atom stereocenters. The highest BCUT2D eigenvalue weighted by Crippen LogP contribution is 2.10. The zero-order valence-corrected chi connectivity index (χ0v) is 9.23. The second-order valence-corrected chi connectivity index (χ2v) is 4.04. The maximum atomic E-state index is 7.38. The Bertz CT molecular complexity index is 353. The summed E-state index contributed by atoms with van der Waals surface area (Å²) in [6, 6.07) is 10.3. The molecule has 0 amide bonds. The number of hydrogen-bond donors (Lipinski definition) is 2. The molecular weight excluding hydrogens is 202 g/mol. The van der Waals surface area contributed by atoms with Crippen molar-refractivity contribution in [3.8, 4) is 0 Å². The summed E-state index contributed by atoms with van der Waals surface area (Å²) in [5, 5.41) is 7.38. The molecule has 0 radical (unpaired) electrons. The fraction of sp³-hybridized carbons (Fsp3) is 0.417. The number of hydrogen-bond acceptors (Lipinski definition) is 3. The van der Waals surface area contributed by atoms with Gasteiger partial charge in [0.1, 0.15) is 11.9 Å². The molecule has 86 valence electrons. The number of nitrogens with zero attached hydrogens (tertiary/aromatic N) is 1. The molecule has 0 bridgehead atoms. The van der Waals surface area contributed by atoms with Gasteiger partial charge in [0.2, 0.25) is 0 Å². The van der Waals surface area contributed by atoms with E-state index < -0.39 is 0 Å². The summed E-state index contributed by atoms with van der Waals surface area (Å²) in [5.41, 5.74) is 6.74. The van der Waals surface area contributed by atoms with Crippen LogP contribution in [0, 0.1) is 5.41 Å². The summed E-state index contributed by atoms with van der Waals surface area (Å²) in [4.78, 5) is 2.27. The van der Waals surface area contributed by atoms with Crippen molar-refractivity contribution in [2.24, 2.45) is 5.73 Å². The number of amidine groups is 1. The lowest BCUT2D eigenvalue weighted by Crippen LogP contribution is -2.47. The van der Waals surface area contributed by atoms with Gasteiger partial charge in [0.15, 0.2) is 0 Å². The van der Waals surface area contributed by atoms with E-state index in [-0.39, 0.29) is 11.9 Å². The predicted octanol–water partition coefficient (Wildman–Crippen LogP) is 0.823. The number of nitrogens with one attached hydrogen (secondary N) is 1. The van der Waals surface area contributed by atoms with Gasteiger partial charge in [-0.25, -0.2) is 0 Å². The minimum atomic E-state index is -0.238. The molecule has 16 heavy (non-hydrogen) atoms. The Balaban J connectivity index is 1.93. The van der Waals surface area contributed by atoms with E-state index in [4.69, 9.17) is 15.9 Å². The van der Waals surface area contributed by atoms with Crippen molar-refractivity contribution in [3.63, 3.8) is 0 Å². The molecule has 1 fully saturated rings. The first-order chi connectivity index (χ1) is 7.75. The molecule has 1 aromatic carbocycles. The molecule has 0 aliphatic carbocycles. The molecule has 1 heterocycles. The van der Waals surface area contributed by atoms with Crippen molar-refractivity contribution in [2.45, 2.75) is 12.6 Å². The van der Waals surface area contributed by atoms with Gasteiger partial charge in [-0.2, -0.15) is 0 Å². The molecule has 0 saturated carbocycles. The second-order valence-electron chi connectivity index (χ2n) is 4.04. The van der Waals surface area contributed by atoms with Gasteiger partial charge in [0, 0.05) is 19.6 Å². The fourth-order valence-electron chi connectivity index (χ4n) is 1.88. The van der Waals surface area contributed by atoms with Crippen LogP contribution in [0.3, 0.4) is 0 Å². The number of benzene rings is 1. The Labute approximate surface area is 95.5 Å². The standard InChI is InChI=1S/C12H17N3O/c13-12(14)11-9-15(6-7-16-11)8-10-4-2-1-3-5-10/h1-5,11H,6-9H2,(H3,13,14). The third kappa shape index (κ3) is 2.81. The molecule has 0 aromatic heterocycles. The van der Waals surface area contributed by atoms with Crippen LogP contribution in [-0.2, 0) is 11.3 Å². The van der Waals surface area contributed by atoms with Crippen LogP contribution in [0.15, 0.2) is 30.3 Å². The highest BCUT2D eigenvalue weighted by atomic mass is 16.5. The Kier molecular flexibility index (Phi) is 3.54. The van der Waals surface area contributed by atoms with Crippen LogP contribution in [0.5, 0.6) is 0 Å². The average Bonchev–Trinajstić information content (AvgIpc) is 2.30. The van der Waals surface area contributed by atoms with Crippen molar-refractivity contribution in [3.05, 3.63) is 35.9 Å². The van der Waals surface area contributed by atoms with Gasteiger partial charge in [0.05, 0.1) is 6.61 Å². The van der Waals surface area contributed by atoms with Crippen molar-refractivity contribution in [1.29, 1.82) is 5.41 Å². The monoisotopic (exact) mass is 219 g/mol. The van der Waals surface area contributed by atoms with E-state index in [1.807, 2.05) is 18.2 Å². The van der Waals surface area contributed by atoms with Crippen LogP contribution in [0.4, 0.5) is 0 Å². The zero-order valence-electron chi connectivity index (χ0n) is 9.23. The van der Waals surface area contributed by atoms with Crippen LogP contribution >= 0.6 is 0 Å². The van der Waals surface area contributed by atoms with Crippen LogP contribution in [0.25, 0.3) is 0 Å². The Hall–Kier alpha value is -1.39. The van der Waals surface area contributed by atoms with Crippen LogP contribution < -0.4 is 5.73 Å². The summed E-state index contributed by atoms with van der Waals surface area (Å²) < 4.78 is 5.42. The quantitative estimate of drug-likeness (QED) is 0.584. The van der Waals surface area contributed by atoms with Crippen LogP contribution in [0.2, 0.25) is 0 Å². The lowest BCUT2D eigenvalue weighted by Gasteiger charge is -2.32. The average molecular weight is 219 g/mol. The Morgan fingerprint density at radius 3 is 2.88 bits per heavy atom. The van der Waals surface area contributed by atoms with E-state index >= 15 is 0 Å². The second kappa shape index (κ2) is 5.09. The summed E-state index contributed by atoms with van der Waals surface area (Å²) in [6.45, 7) is 3.16. The molecule has 1 unspecified atom stereocenters. The van der Waals surface area contributed by atoms with Gasteiger partial charge in [-0.05, 0) is 5.56 Å². The molecule has 4 nitrogen and oxygen atoms in total. The molecule has 1 aliphatic heterocycles. The van der Waals surface area contributed by atoms with Crippen molar-refractivity contribution in [1.82, 2.24) is 4.90 Å². The van der Waals surface area contributed by atoms with Crippen LogP contribution in [-0.4, -0.2) is 36.5 Å². The number of rotatable bonds is 3. The molecule has 3 N–H and O–H groups in total. The first kappa shape index (κ1) is 11.1. The molecule has 1 saturated heterocycles. The van der Waals surface area contributed by atoms with Gasteiger partial charge in [0.25, 0.3) is 0 Å². The molecule has 4 heteroatoms. The normalized spacial score (nSPS) is 21.9. The minimum absolute atomic E-state index is 0.123. The van der Waals surface area contributed by atoms with E-state index in [2.05, 4.69) is 17.0 Å². The van der Waals surface area contributed by atoms with Crippen LogP contribution in [0.1, 0.15) is 5.56 Å². The van der Waals surface area contributed by atoms with Crippen molar-refractivity contribution in [2.75, 3.05) is 19.7 Å². The molecular formula is C12H17N3O.